The highest BCUT2D eigenvalue weighted by molar-refractivity contribution is 9.11. The van der Waals surface area contributed by atoms with Gasteiger partial charge >= 0.3 is 12.1 Å². The summed E-state index contributed by atoms with van der Waals surface area (Å²) in [7, 11) is 0. The van der Waals surface area contributed by atoms with E-state index >= 15 is 0 Å². The van der Waals surface area contributed by atoms with Gasteiger partial charge in [0, 0.05) is 17.4 Å². The highest BCUT2D eigenvalue weighted by Gasteiger charge is 2.36. The Morgan fingerprint density at radius 2 is 2.08 bits per heavy atom. The fourth-order valence-corrected chi connectivity index (χ4v) is 2.99. The third-order valence-corrected chi connectivity index (χ3v) is 4.46. The van der Waals surface area contributed by atoms with Gasteiger partial charge in [-0.3, -0.25) is 4.90 Å². The predicted octanol–water partition coefficient (Wildman–Crippen LogP) is 4.17. The monoisotopic (exact) mass is 407 g/mol. The minimum atomic E-state index is -0.562. The molecule has 0 aromatic heterocycles. The molecule has 6 heteroatoms. The summed E-state index contributed by atoms with van der Waals surface area (Å²) in [6.45, 7) is 2.82. The molecule has 1 saturated heterocycles. The van der Waals surface area contributed by atoms with Gasteiger partial charge in [-0.25, -0.2) is 9.59 Å². The van der Waals surface area contributed by atoms with E-state index in [1.807, 2.05) is 37.3 Å². The van der Waals surface area contributed by atoms with Crippen LogP contribution in [0.15, 0.2) is 46.6 Å². The summed E-state index contributed by atoms with van der Waals surface area (Å²) in [6.07, 6.45) is 3.24. The van der Waals surface area contributed by atoms with Gasteiger partial charge in [-0.1, -0.05) is 30.3 Å². The van der Waals surface area contributed by atoms with Crippen LogP contribution in [-0.2, 0) is 20.9 Å². The van der Waals surface area contributed by atoms with E-state index in [0.717, 1.165) is 16.5 Å². The van der Waals surface area contributed by atoms with E-state index < -0.39 is 12.1 Å². The Labute approximate surface area is 156 Å². The van der Waals surface area contributed by atoms with E-state index in [-0.39, 0.29) is 19.2 Å². The Balaban J connectivity index is 1.82. The zero-order chi connectivity index (χ0) is 18.1. The molecule has 0 spiro atoms. The second-order valence-electron chi connectivity index (χ2n) is 5.65. The van der Waals surface area contributed by atoms with Crippen molar-refractivity contribution >= 4 is 28.0 Å². The van der Waals surface area contributed by atoms with Crippen molar-refractivity contribution in [3.63, 3.8) is 0 Å². The van der Waals surface area contributed by atoms with Crippen molar-refractivity contribution in [2.45, 2.75) is 38.8 Å². The lowest BCUT2D eigenvalue weighted by atomic mass is 10.2. The second kappa shape index (κ2) is 10.1. The zero-order valence-electron chi connectivity index (χ0n) is 14.2. The maximum atomic E-state index is 12.3. The van der Waals surface area contributed by atoms with Crippen LogP contribution in [0.3, 0.4) is 0 Å². The molecule has 1 atom stereocenters. The number of benzene rings is 1. The first-order chi connectivity index (χ1) is 12.1. The average Bonchev–Trinajstić information content (AvgIpc) is 3.10. The van der Waals surface area contributed by atoms with Crippen molar-refractivity contribution in [2.75, 3.05) is 13.2 Å². The Bertz CT molecular complexity index is 653. The minimum absolute atomic E-state index is 0.193. The Hall–Kier alpha value is -2.04. The molecule has 1 aromatic carbocycles. The lowest BCUT2D eigenvalue weighted by Crippen LogP contribution is -2.41. The molecule has 1 heterocycles. The highest BCUT2D eigenvalue weighted by atomic mass is 79.9. The van der Waals surface area contributed by atoms with E-state index in [0.29, 0.717) is 19.4 Å². The van der Waals surface area contributed by atoms with Crippen molar-refractivity contribution in [3.8, 4) is 0 Å². The molecule has 1 fully saturated rings. The van der Waals surface area contributed by atoms with Crippen LogP contribution in [0, 0.1) is 0 Å². The van der Waals surface area contributed by atoms with E-state index in [1.165, 1.54) is 4.90 Å². The van der Waals surface area contributed by atoms with Crippen molar-refractivity contribution in [2.24, 2.45) is 0 Å². The number of nitrogens with zero attached hydrogens (tertiary/aromatic N) is 1. The van der Waals surface area contributed by atoms with E-state index in [2.05, 4.69) is 21.7 Å². The minimum Gasteiger partial charge on any atom is -0.464 e. The number of rotatable bonds is 6. The molecular formula is C19H22BrNO4. The highest BCUT2D eigenvalue weighted by Crippen LogP contribution is 2.20. The van der Waals surface area contributed by atoms with Crippen molar-refractivity contribution < 1.29 is 19.1 Å². The van der Waals surface area contributed by atoms with Gasteiger partial charge in [0.2, 0.25) is 0 Å². The quantitative estimate of drug-likeness (QED) is 0.524. The van der Waals surface area contributed by atoms with Crippen LogP contribution in [0.4, 0.5) is 4.79 Å². The number of amides is 1. The third kappa shape index (κ3) is 6.07. The normalized spacial score (nSPS) is 16.1. The number of ether oxygens (including phenoxy) is 2. The third-order valence-electron chi connectivity index (χ3n) is 3.83. The molecule has 2 rings (SSSR count). The van der Waals surface area contributed by atoms with Crippen LogP contribution in [0.1, 0.15) is 31.7 Å². The largest absolute Gasteiger partial charge is 0.464 e. The number of carbonyl (C=O) groups is 2. The van der Waals surface area contributed by atoms with Gasteiger partial charge in [0.05, 0.1) is 6.61 Å². The molecule has 0 saturated carbocycles. The first-order valence-electron chi connectivity index (χ1n) is 8.31. The van der Waals surface area contributed by atoms with Gasteiger partial charge < -0.3 is 9.47 Å². The Kier molecular flexibility index (Phi) is 7.76. The summed E-state index contributed by atoms with van der Waals surface area (Å²) in [4.78, 5) is 26.0. The number of carbonyl (C=O) groups excluding carboxylic acids is 2. The summed E-state index contributed by atoms with van der Waals surface area (Å²) in [5.41, 5.74) is 3.89. The van der Waals surface area contributed by atoms with E-state index in [4.69, 9.17) is 9.47 Å². The van der Waals surface area contributed by atoms with Gasteiger partial charge in [0.15, 0.2) is 0 Å². The SMILES string of the molecule is CC=C=C(Br)CCOC(=O)[C@@H]1CCCN1C(=O)OCc1ccccc1. The molecule has 5 nitrogen and oxygen atoms in total. The summed E-state index contributed by atoms with van der Waals surface area (Å²) in [5.74, 6) is -0.380. The molecule has 0 radical (unpaired) electrons. The molecule has 1 amide bonds. The van der Waals surface area contributed by atoms with Crippen molar-refractivity contribution in [1.82, 2.24) is 4.90 Å². The molecule has 1 aromatic rings. The van der Waals surface area contributed by atoms with Crippen LogP contribution >= 0.6 is 15.9 Å². The molecule has 0 unspecified atom stereocenters. The zero-order valence-corrected chi connectivity index (χ0v) is 15.8. The molecule has 1 aliphatic heterocycles. The standard InChI is InChI=1S/C19H22BrNO4/c1-2-7-16(20)11-13-24-18(22)17-10-6-12-21(17)19(23)25-14-15-8-4-3-5-9-15/h2-5,8-9,17H,6,10-14H2,1H3/t7?,17-/m0/s1. The van der Waals surface area contributed by atoms with Crippen LogP contribution in [-0.4, -0.2) is 36.2 Å². The second-order valence-corrected chi connectivity index (χ2v) is 6.60. The molecular weight excluding hydrogens is 386 g/mol. The molecule has 0 bridgehead atoms. The lowest BCUT2D eigenvalue weighted by Gasteiger charge is -2.22. The van der Waals surface area contributed by atoms with Gasteiger partial charge in [-0.2, -0.15) is 0 Å². The number of hydrogen-bond donors (Lipinski definition) is 0. The van der Waals surface area contributed by atoms with Crippen molar-refractivity contribution in [1.29, 1.82) is 0 Å². The van der Waals surface area contributed by atoms with Gasteiger partial charge in [0.1, 0.15) is 12.6 Å². The fourth-order valence-electron chi connectivity index (χ4n) is 2.60. The summed E-state index contributed by atoms with van der Waals surface area (Å²) in [5, 5.41) is 0. The topological polar surface area (TPSA) is 55.8 Å². The number of esters is 1. The molecule has 1 aliphatic rings. The summed E-state index contributed by atoms with van der Waals surface area (Å²) in [6, 6.07) is 8.90. The first kappa shape index (κ1) is 19.3. The summed E-state index contributed by atoms with van der Waals surface area (Å²) < 4.78 is 11.5. The molecule has 0 N–H and O–H groups in total. The Morgan fingerprint density at radius 1 is 1.32 bits per heavy atom. The number of hydrogen-bond acceptors (Lipinski definition) is 4. The average molecular weight is 408 g/mol. The maximum Gasteiger partial charge on any atom is 0.410 e. The van der Waals surface area contributed by atoms with Crippen LogP contribution in [0.25, 0.3) is 0 Å². The maximum absolute atomic E-state index is 12.3. The summed E-state index contributed by atoms with van der Waals surface area (Å²) >= 11 is 3.35. The van der Waals surface area contributed by atoms with E-state index in [1.54, 1.807) is 6.08 Å². The van der Waals surface area contributed by atoms with Crippen LogP contribution < -0.4 is 0 Å². The van der Waals surface area contributed by atoms with Crippen molar-refractivity contribution in [3.05, 3.63) is 52.2 Å². The molecule has 25 heavy (non-hydrogen) atoms. The van der Waals surface area contributed by atoms with Crippen LogP contribution in [0.5, 0.6) is 0 Å². The first-order valence-corrected chi connectivity index (χ1v) is 9.10. The number of likely N-dealkylation sites (tertiary alicyclic amines) is 1. The predicted molar refractivity (Wildman–Crippen MR) is 98.1 cm³/mol. The molecule has 134 valence electrons. The van der Waals surface area contributed by atoms with Crippen LogP contribution in [0.2, 0.25) is 0 Å². The van der Waals surface area contributed by atoms with E-state index in [9.17, 15) is 9.59 Å². The lowest BCUT2D eigenvalue weighted by molar-refractivity contribution is -0.148. The Morgan fingerprint density at radius 3 is 2.80 bits per heavy atom. The van der Waals surface area contributed by atoms with Gasteiger partial charge in [0.25, 0.3) is 0 Å². The fraction of sp³-hybridized carbons (Fsp3) is 0.421. The molecule has 0 aliphatic carbocycles. The smallest absolute Gasteiger partial charge is 0.410 e. The van der Waals surface area contributed by atoms with Gasteiger partial charge in [-0.15, -0.1) is 5.73 Å². The van der Waals surface area contributed by atoms with Gasteiger partial charge in [-0.05, 0) is 47.3 Å². The number of halogens is 1.